The monoisotopic (exact) mass is 277 g/mol. The van der Waals surface area contributed by atoms with E-state index < -0.39 is 0 Å². The highest BCUT2D eigenvalue weighted by atomic mass is 32.1. The highest BCUT2D eigenvalue weighted by Crippen LogP contribution is 2.21. The predicted octanol–water partition coefficient (Wildman–Crippen LogP) is 2.78. The highest BCUT2D eigenvalue weighted by Gasteiger charge is 2.06. The van der Waals surface area contributed by atoms with Gasteiger partial charge in [0, 0.05) is 18.5 Å². The van der Waals surface area contributed by atoms with Crippen LogP contribution in [0.5, 0.6) is 0 Å². The van der Waals surface area contributed by atoms with Gasteiger partial charge in [0.1, 0.15) is 5.01 Å². The van der Waals surface area contributed by atoms with Crippen LogP contribution in [0.25, 0.3) is 0 Å². The van der Waals surface area contributed by atoms with E-state index in [4.69, 9.17) is 0 Å². The van der Waals surface area contributed by atoms with Crippen LogP contribution < -0.4 is 5.32 Å². The van der Waals surface area contributed by atoms with Crippen LogP contribution in [0.15, 0.2) is 30.3 Å². The van der Waals surface area contributed by atoms with Crippen molar-refractivity contribution in [3.05, 3.63) is 35.3 Å². The summed E-state index contributed by atoms with van der Waals surface area (Å²) < 4.78 is 4.59. The Bertz CT molecular complexity index is 528. The van der Waals surface area contributed by atoms with Crippen molar-refractivity contribution in [3.8, 4) is 0 Å². The Kier molecular flexibility index (Phi) is 4.85. The molecule has 0 bridgehead atoms. The summed E-state index contributed by atoms with van der Waals surface area (Å²) in [7, 11) is 1.40. The first kappa shape index (κ1) is 13.5. The fraction of sp³-hybridized carbons (Fsp3) is 0.308. The molecule has 0 aliphatic carbocycles. The number of para-hydroxylation sites is 1. The molecule has 5 nitrogen and oxygen atoms in total. The van der Waals surface area contributed by atoms with Gasteiger partial charge in [-0.1, -0.05) is 29.5 Å². The normalized spacial score (nSPS) is 10.2. The number of benzene rings is 1. The maximum atomic E-state index is 11.0. The van der Waals surface area contributed by atoms with Crippen LogP contribution >= 0.6 is 11.3 Å². The third kappa shape index (κ3) is 4.33. The molecule has 2 aromatic rings. The van der Waals surface area contributed by atoms with E-state index in [1.807, 2.05) is 30.3 Å². The summed E-state index contributed by atoms with van der Waals surface area (Å²) in [5.74, 6) is -0.188. The Morgan fingerprint density at radius 1 is 1.32 bits per heavy atom. The SMILES string of the molecule is COC(=O)CCCc1nnc(Nc2ccccc2)s1. The number of nitrogens with zero attached hydrogens (tertiary/aromatic N) is 2. The van der Waals surface area contributed by atoms with Crippen LogP contribution in [0.3, 0.4) is 0 Å². The van der Waals surface area contributed by atoms with Crippen molar-refractivity contribution < 1.29 is 9.53 Å². The molecule has 0 radical (unpaired) electrons. The van der Waals surface area contributed by atoms with Crippen LogP contribution in [-0.2, 0) is 16.0 Å². The fourth-order valence-corrected chi connectivity index (χ4v) is 2.34. The van der Waals surface area contributed by atoms with E-state index in [9.17, 15) is 4.79 Å². The third-order valence-electron chi connectivity index (χ3n) is 2.49. The average molecular weight is 277 g/mol. The summed E-state index contributed by atoms with van der Waals surface area (Å²) >= 11 is 1.50. The molecule has 2 rings (SSSR count). The Morgan fingerprint density at radius 3 is 2.84 bits per heavy atom. The molecule has 0 aliphatic rings. The summed E-state index contributed by atoms with van der Waals surface area (Å²) in [5.41, 5.74) is 0.986. The van der Waals surface area contributed by atoms with Gasteiger partial charge in [-0.2, -0.15) is 0 Å². The molecule has 0 fully saturated rings. The summed E-state index contributed by atoms with van der Waals surface area (Å²) in [6, 6.07) is 9.82. The number of ether oxygens (including phenoxy) is 1. The van der Waals surface area contributed by atoms with E-state index in [0.717, 1.165) is 28.7 Å². The number of esters is 1. The van der Waals surface area contributed by atoms with Crippen molar-refractivity contribution in [1.82, 2.24) is 10.2 Å². The van der Waals surface area contributed by atoms with Gasteiger partial charge in [-0.25, -0.2) is 0 Å². The van der Waals surface area contributed by atoms with E-state index in [0.29, 0.717) is 6.42 Å². The number of hydrogen-bond donors (Lipinski definition) is 1. The van der Waals surface area contributed by atoms with Gasteiger partial charge in [-0.05, 0) is 18.6 Å². The molecule has 1 aromatic carbocycles. The lowest BCUT2D eigenvalue weighted by atomic mass is 10.2. The minimum atomic E-state index is -0.188. The van der Waals surface area contributed by atoms with Gasteiger partial charge in [0.05, 0.1) is 7.11 Å². The van der Waals surface area contributed by atoms with Crippen LogP contribution in [-0.4, -0.2) is 23.3 Å². The zero-order chi connectivity index (χ0) is 13.5. The largest absolute Gasteiger partial charge is 0.469 e. The molecule has 1 N–H and O–H groups in total. The maximum absolute atomic E-state index is 11.0. The number of hydrogen-bond acceptors (Lipinski definition) is 6. The number of methoxy groups -OCH3 is 1. The van der Waals surface area contributed by atoms with Gasteiger partial charge in [-0.15, -0.1) is 10.2 Å². The zero-order valence-corrected chi connectivity index (χ0v) is 11.4. The van der Waals surface area contributed by atoms with E-state index in [1.54, 1.807) is 0 Å². The van der Waals surface area contributed by atoms with Crippen molar-refractivity contribution >= 4 is 28.1 Å². The van der Waals surface area contributed by atoms with Gasteiger partial charge in [0.15, 0.2) is 0 Å². The van der Waals surface area contributed by atoms with Gasteiger partial charge in [0.2, 0.25) is 5.13 Å². The minimum Gasteiger partial charge on any atom is -0.469 e. The molecule has 0 saturated carbocycles. The molecular formula is C13H15N3O2S. The lowest BCUT2D eigenvalue weighted by Gasteiger charge is -1.99. The number of aromatic nitrogens is 2. The lowest BCUT2D eigenvalue weighted by Crippen LogP contribution is -2.00. The summed E-state index contributed by atoms with van der Waals surface area (Å²) in [4.78, 5) is 11.0. The summed E-state index contributed by atoms with van der Waals surface area (Å²) in [6.45, 7) is 0. The van der Waals surface area contributed by atoms with Crippen LogP contribution in [0.4, 0.5) is 10.8 Å². The molecule has 19 heavy (non-hydrogen) atoms. The number of rotatable bonds is 6. The Morgan fingerprint density at radius 2 is 2.11 bits per heavy atom. The summed E-state index contributed by atoms with van der Waals surface area (Å²) in [5, 5.41) is 13.0. The minimum absolute atomic E-state index is 0.188. The van der Waals surface area contributed by atoms with Crippen LogP contribution in [0.2, 0.25) is 0 Å². The Hall–Kier alpha value is -1.95. The molecule has 6 heteroatoms. The molecule has 100 valence electrons. The first-order valence-corrected chi connectivity index (χ1v) is 6.81. The van der Waals surface area contributed by atoms with Crippen molar-refractivity contribution in [1.29, 1.82) is 0 Å². The predicted molar refractivity (Wildman–Crippen MR) is 74.6 cm³/mol. The van der Waals surface area contributed by atoms with Crippen molar-refractivity contribution in [3.63, 3.8) is 0 Å². The van der Waals surface area contributed by atoms with Gasteiger partial charge < -0.3 is 10.1 Å². The molecule has 1 aromatic heterocycles. The number of anilines is 2. The first-order chi connectivity index (χ1) is 9.28. The standard InChI is InChI=1S/C13H15N3O2S/c1-18-12(17)9-5-8-11-15-16-13(19-11)14-10-6-3-2-4-7-10/h2-4,6-7H,5,8-9H2,1H3,(H,14,16). The van der Waals surface area contributed by atoms with Gasteiger partial charge in [-0.3, -0.25) is 4.79 Å². The maximum Gasteiger partial charge on any atom is 0.305 e. The lowest BCUT2D eigenvalue weighted by molar-refractivity contribution is -0.140. The number of carbonyl (C=O) groups is 1. The average Bonchev–Trinajstić information content (AvgIpc) is 2.87. The fourth-order valence-electron chi connectivity index (χ4n) is 1.54. The van der Waals surface area contributed by atoms with E-state index >= 15 is 0 Å². The van der Waals surface area contributed by atoms with Crippen molar-refractivity contribution in [2.24, 2.45) is 0 Å². The molecule has 0 atom stereocenters. The Labute approximate surface area is 115 Å². The van der Waals surface area contributed by atoms with Crippen LogP contribution in [0, 0.1) is 0 Å². The van der Waals surface area contributed by atoms with E-state index in [-0.39, 0.29) is 5.97 Å². The van der Waals surface area contributed by atoms with Crippen LogP contribution in [0.1, 0.15) is 17.8 Å². The first-order valence-electron chi connectivity index (χ1n) is 5.99. The molecule has 0 aliphatic heterocycles. The van der Waals surface area contributed by atoms with E-state index in [1.165, 1.54) is 18.4 Å². The quantitative estimate of drug-likeness (QED) is 0.822. The van der Waals surface area contributed by atoms with E-state index in [2.05, 4.69) is 20.3 Å². The number of carbonyl (C=O) groups excluding carboxylic acids is 1. The molecule has 0 spiro atoms. The Balaban J connectivity index is 1.84. The number of aryl methyl sites for hydroxylation is 1. The highest BCUT2D eigenvalue weighted by molar-refractivity contribution is 7.15. The molecule has 0 saturated heterocycles. The molecule has 0 unspecified atom stereocenters. The third-order valence-corrected chi connectivity index (χ3v) is 3.39. The second kappa shape index (κ2) is 6.84. The van der Waals surface area contributed by atoms with Gasteiger partial charge >= 0.3 is 5.97 Å². The molecular weight excluding hydrogens is 262 g/mol. The zero-order valence-electron chi connectivity index (χ0n) is 10.6. The number of nitrogens with one attached hydrogen (secondary N) is 1. The van der Waals surface area contributed by atoms with Crippen molar-refractivity contribution in [2.45, 2.75) is 19.3 Å². The topological polar surface area (TPSA) is 64.1 Å². The second-order valence-electron chi connectivity index (χ2n) is 3.92. The molecule has 0 amide bonds. The van der Waals surface area contributed by atoms with Gasteiger partial charge in [0.25, 0.3) is 0 Å². The molecule has 1 heterocycles. The van der Waals surface area contributed by atoms with Crippen molar-refractivity contribution in [2.75, 3.05) is 12.4 Å². The summed E-state index contributed by atoms with van der Waals surface area (Å²) in [6.07, 6.45) is 1.88. The second-order valence-corrected chi connectivity index (χ2v) is 4.98. The smallest absolute Gasteiger partial charge is 0.305 e.